The minimum absolute atomic E-state index is 0.114. The number of ether oxygens (including phenoxy) is 4. The van der Waals surface area contributed by atoms with Crippen LogP contribution in [0.3, 0.4) is 0 Å². The number of hydrogen-bond acceptors (Lipinski definition) is 8. The monoisotopic (exact) mass is 516 g/mol. The third kappa shape index (κ3) is 9.00. The van der Waals surface area contributed by atoms with Crippen LogP contribution in [-0.4, -0.2) is 72.1 Å². The highest BCUT2D eigenvalue weighted by Crippen LogP contribution is 2.32. The molecule has 0 saturated heterocycles. The molecule has 1 aromatic rings. The average molecular weight is 517 g/mol. The molecule has 3 rings (SSSR count). The van der Waals surface area contributed by atoms with Gasteiger partial charge in [-0.1, -0.05) is 45.1 Å². The molecule has 1 aliphatic carbocycles. The van der Waals surface area contributed by atoms with E-state index in [4.69, 9.17) is 18.9 Å². The number of allylic oxidation sites excluding steroid dienone is 1. The molecule has 204 valence electrons. The highest BCUT2D eigenvalue weighted by molar-refractivity contribution is 6.17. The zero-order chi connectivity index (χ0) is 26.8. The summed E-state index contributed by atoms with van der Waals surface area (Å²) in [5.41, 5.74) is 1.20. The van der Waals surface area contributed by atoms with Gasteiger partial charge in [-0.3, -0.25) is 0 Å². The molecule has 5 atom stereocenters. The van der Waals surface area contributed by atoms with E-state index in [-0.39, 0.29) is 19.1 Å². The minimum Gasteiger partial charge on any atom is -0.493 e. The first-order valence-electron chi connectivity index (χ1n) is 13.1. The molecule has 0 aromatic heterocycles. The maximum atomic E-state index is 12.7. The van der Waals surface area contributed by atoms with Crippen molar-refractivity contribution < 1.29 is 39.1 Å². The lowest BCUT2D eigenvalue weighted by Crippen LogP contribution is -2.31. The second-order valence-electron chi connectivity index (χ2n) is 9.88. The van der Waals surface area contributed by atoms with Crippen LogP contribution in [0.4, 0.5) is 0 Å². The molecule has 8 heteroatoms. The summed E-state index contributed by atoms with van der Waals surface area (Å²) in [7, 11) is 0. The van der Waals surface area contributed by atoms with Gasteiger partial charge >= 0.3 is 5.97 Å². The van der Waals surface area contributed by atoms with E-state index >= 15 is 0 Å². The molecule has 8 nitrogen and oxygen atoms in total. The van der Waals surface area contributed by atoms with Gasteiger partial charge in [-0.2, -0.15) is 0 Å². The van der Waals surface area contributed by atoms with Crippen LogP contribution in [-0.2, 0) is 19.0 Å². The smallest absolute Gasteiger partial charge is 0.339 e. The minimum atomic E-state index is -0.817. The maximum Gasteiger partial charge on any atom is 0.339 e. The number of carbonyl (C=O) groups is 1. The molecular weight excluding hydrogens is 476 g/mol. The molecule has 3 N–H and O–H groups in total. The van der Waals surface area contributed by atoms with Gasteiger partial charge in [-0.15, -0.1) is 0 Å². The van der Waals surface area contributed by atoms with Gasteiger partial charge in [0.15, 0.2) is 0 Å². The molecule has 2 aliphatic rings. The lowest BCUT2D eigenvalue weighted by molar-refractivity contribution is -0.141. The van der Waals surface area contributed by atoms with Crippen molar-refractivity contribution in [1.82, 2.24) is 0 Å². The van der Waals surface area contributed by atoms with E-state index in [1.807, 2.05) is 25.2 Å². The van der Waals surface area contributed by atoms with Gasteiger partial charge in [0, 0.05) is 25.6 Å². The van der Waals surface area contributed by atoms with Crippen LogP contribution in [0.15, 0.2) is 54.3 Å². The lowest BCUT2D eigenvalue weighted by atomic mass is 9.90. The zero-order valence-corrected chi connectivity index (χ0v) is 21.9. The van der Waals surface area contributed by atoms with Crippen LogP contribution in [0, 0.1) is 11.8 Å². The van der Waals surface area contributed by atoms with E-state index in [0.29, 0.717) is 55.5 Å². The third-order valence-electron chi connectivity index (χ3n) is 6.21. The Morgan fingerprint density at radius 1 is 0.946 bits per heavy atom. The van der Waals surface area contributed by atoms with Crippen LogP contribution >= 0.6 is 0 Å². The molecule has 0 amide bonds. The Labute approximate surface area is 219 Å². The van der Waals surface area contributed by atoms with E-state index in [1.54, 1.807) is 30.3 Å². The number of aliphatic hydroxyl groups is 3. The van der Waals surface area contributed by atoms with Crippen molar-refractivity contribution in [3.8, 4) is 5.75 Å². The highest BCUT2D eigenvalue weighted by atomic mass is 16.5. The molecular formula is C29H40O8. The molecule has 0 radical (unpaired) electrons. The predicted octanol–water partition coefficient (Wildman–Crippen LogP) is 3.41. The first kappa shape index (κ1) is 28.9. The summed E-state index contributed by atoms with van der Waals surface area (Å²) >= 11 is 0. The number of benzene rings is 1. The Bertz CT molecular complexity index is 949. The molecule has 0 fully saturated rings. The summed E-state index contributed by atoms with van der Waals surface area (Å²) in [6.45, 7) is 7.52. The number of rotatable bonds is 15. The van der Waals surface area contributed by atoms with Gasteiger partial charge in [0.2, 0.25) is 0 Å². The van der Waals surface area contributed by atoms with Gasteiger partial charge in [-0.05, 0) is 48.6 Å². The normalized spacial score (nSPS) is 21.4. The fourth-order valence-electron chi connectivity index (χ4n) is 3.97. The second kappa shape index (κ2) is 14.3. The van der Waals surface area contributed by atoms with E-state index in [1.165, 1.54) is 0 Å². The van der Waals surface area contributed by atoms with Crippen molar-refractivity contribution in [1.29, 1.82) is 0 Å². The molecule has 0 spiro atoms. The van der Waals surface area contributed by atoms with Crippen molar-refractivity contribution in [3.05, 3.63) is 59.9 Å². The highest BCUT2D eigenvalue weighted by Gasteiger charge is 2.31. The molecule has 1 heterocycles. The van der Waals surface area contributed by atoms with E-state index in [9.17, 15) is 20.1 Å². The Hall–Kier alpha value is -2.65. The summed E-state index contributed by atoms with van der Waals surface area (Å²) in [6.07, 6.45) is 6.04. The number of aliphatic hydroxyl groups excluding tert-OH is 3. The number of carbonyl (C=O) groups excluding carboxylic acids is 1. The fourth-order valence-corrected chi connectivity index (χ4v) is 3.97. The van der Waals surface area contributed by atoms with Crippen LogP contribution < -0.4 is 4.74 Å². The van der Waals surface area contributed by atoms with Gasteiger partial charge in [0.25, 0.3) is 0 Å². The summed E-state index contributed by atoms with van der Waals surface area (Å²) in [5.74, 6) is 1.10. The van der Waals surface area contributed by atoms with Crippen molar-refractivity contribution >= 4 is 11.5 Å². The van der Waals surface area contributed by atoms with Crippen LogP contribution in [0.2, 0.25) is 0 Å². The first-order valence-corrected chi connectivity index (χ1v) is 13.1. The summed E-state index contributed by atoms with van der Waals surface area (Å²) in [4.78, 5) is 12.7. The first-order chi connectivity index (χ1) is 17.8. The molecule has 1 aliphatic heterocycles. The topological polar surface area (TPSA) is 115 Å². The molecule has 0 bridgehead atoms. The van der Waals surface area contributed by atoms with Crippen molar-refractivity contribution in [2.24, 2.45) is 11.8 Å². The zero-order valence-electron chi connectivity index (χ0n) is 21.9. The van der Waals surface area contributed by atoms with E-state index < -0.39 is 30.4 Å². The Morgan fingerprint density at radius 2 is 1.70 bits per heavy atom. The number of esters is 1. The number of fused-ring (bicyclic) bond motifs is 1. The van der Waals surface area contributed by atoms with Gasteiger partial charge in [-0.25, -0.2) is 4.79 Å². The van der Waals surface area contributed by atoms with Gasteiger partial charge in [0.05, 0.1) is 30.5 Å². The van der Waals surface area contributed by atoms with Crippen LogP contribution in [0.5, 0.6) is 5.75 Å². The Balaban J connectivity index is 1.49. The molecule has 1 aromatic carbocycles. The lowest BCUT2D eigenvalue weighted by Gasteiger charge is -2.29. The number of hydrogen-bond donors (Lipinski definition) is 3. The van der Waals surface area contributed by atoms with Crippen molar-refractivity contribution in [2.75, 3.05) is 26.4 Å². The fraction of sp³-hybridized carbons (Fsp3) is 0.552. The Morgan fingerprint density at radius 3 is 2.41 bits per heavy atom. The predicted molar refractivity (Wildman–Crippen MR) is 140 cm³/mol. The van der Waals surface area contributed by atoms with E-state index in [2.05, 4.69) is 13.8 Å². The van der Waals surface area contributed by atoms with Gasteiger partial charge < -0.3 is 34.3 Å². The van der Waals surface area contributed by atoms with Crippen molar-refractivity contribution in [2.45, 2.75) is 64.4 Å². The Kier molecular flexibility index (Phi) is 11.2. The quantitative estimate of drug-likeness (QED) is 0.240. The largest absolute Gasteiger partial charge is 0.493 e. The standard InChI is InChI=1S/C29H40O8/c1-4-26(31)27(32)12-14-35-23-8-5-20(6-9-23)25-15-21-7-10-24(16-28(21)37-29(25)33)36-18-22(30)11-13-34-17-19(2)3/h5-10,15-16,19,21-22,26-28,30-32H,4,11-14,17-18H2,1-3H3. The SMILES string of the molecule is CCC(O)C(O)CCOc1ccc(C2=CC3C=CC(OCC(O)CCOCC(C)C)=CC3OC2=O)cc1. The van der Waals surface area contributed by atoms with Crippen LogP contribution in [0.25, 0.3) is 5.57 Å². The third-order valence-corrected chi connectivity index (χ3v) is 6.21. The summed E-state index contributed by atoms with van der Waals surface area (Å²) < 4.78 is 22.5. The molecule has 37 heavy (non-hydrogen) atoms. The van der Waals surface area contributed by atoms with Crippen molar-refractivity contribution in [3.63, 3.8) is 0 Å². The second-order valence-corrected chi connectivity index (χ2v) is 9.88. The maximum absolute atomic E-state index is 12.7. The summed E-state index contributed by atoms with van der Waals surface area (Å²) in [6, 6.07) is 7.12. The summed E-state index contributed by atoms with van der Waals surface area (Å²) in [5, 5.41) is 29.6. The molecule has 5 unspecified atom stereocenters. The van der Waals surface area contributed by atoms with E-state index in [0.717, 1.165) is 5.56 Å². The molecule has 0 saturated carbocycles. The average Bonchev–Trinajstić information content (AvgIpc) is 2.89. The van der Waals surface area contributed by atoms with Crippen LogP contribution in [0.1, 0.15) is 45.6 Å². The van der Waals surface area contributed by atoms with Gasteiger partial charge in [0.1, 0.15) is 24.2 Å².